The van der Waals surface area contributed by atoms with Crippen LogP contribution in [0.4, 0.5) is 5.69 Å². The Labute approximate surface area is 93.0 Å². The predicted molar refractivity (Wildman–Crippen MR) is 58.9 cm³/mol. The molecule has 7 heteroatoms. The van der Waals surface area contributed by atoms with Gasteiger partial charge in [0.05, 0.1) is 17.1 Å². The van der Waals surface area contributed by atoms with Gasteiger partial charge >= 0.3 is 0 Å². The molecule has 4 N–H and O–H groups in total. The molecule has 0 heterocycles. The van der Waals surface area contributed by atoms with E-state index in [4.69, 9.17) is 5.73 Å². The summed E-state index contributed by atoms with van der Waals surface area (Å²) >= 11 is 0. The van der Waals surface area contributed by atoms with Gasteiger partial charge in [-0.3, -0.25) is 4.79 Å². The smallest absolute Gasteiger partial charge is 0.238 e. The van der Waals surface area contributed by atoms with Crippen LogP contribution in [-0.4, -0.2) is 32.2 Å². The van der Waals surface area contributed by atoms with E-state index in [9.17, 15) is 18.3 Å². The maximum Gasteiger partial charge on any atom is 0.238 e. The zero-order valence-electron chi connectivity index (χ0n) is 8.60. The van der Waals surface area contributed by atoms with Crippen molar-refractivity contribution in [3.8, 4) is 5.75 Å². The summed E-state index contributed by atoms with van der Waals surface area (Å²) in [6.45, 7) is -0.247. The fourth-order valence-electron chi connectivity index (χ4n) is 1.05. The molecular weight excluding hydrogens is 232 g/mol. The zero-order chi connectivity index (χ0) is 12.3. The number of rotatable bonds is 3. The lowest BCUT2D eigenvalue weighted by molar-refractivity contribution is -0.114. The fourth-order valence-corrected chi connectivity index (χ4v) is 1.69. The van der Waals surface area contributed by atoms with Crippen molar-refractivity contribution >= 4 is 21.4 Å². The number of hydrogen-bond acceptors (Lipinski definition) is 5. The molecule has 6 nitrogen and oxygen atoms in total. The Morgan fingerprint density at radius 2 is 2.12 bits per heavy atom. The third kappa shape index (κ3) is 2.94. The van der Waals surface area contributed by atoms with Crippen molar-refractivity contribution in [2.45, 2.75) is 4.90 Å². The normalized spacial score (nSPS) is 11.1. The highest BCUT2D eigenvalue weighted by Crippen LogP contribution is 2.26. The van der Waals surface area contributed by atoms with Gasteiger partial charge in [-0.05, 0) is 18.2 Å². The van der Waals surface area contributed by atoms with Crippen LogP contribution in [0.2, 0.25) is 0 Å². The SMILES string of the molecule is CS(=O)(=O)c1ccc(O)c(NC(=O)CN)c1. The first kappa shape index (κ1) is 12.5. The van der Waals surface area contributed by atoms with E-state index in [1.165, 1.54) is 18.2 Å². The molecule has 1 rings (SSSR count). The molecule has 0 bridgehead atoms. The minimum atomic E-state index is -3.38. The molecule has 1 aromatic rings. The van der Waals surface area contributed by atoms with Gasteiger partial charge < -0.3 is 16.2 Å². The lowest BCUT2D eigenvalue weighted by atomic mass is 10.3. The second-order valence-electron chi connectivity index (χ2n) is 3.20. The number of amides is 1. The molecular formula is C9H12N2O4S. The summed E-state index contributed by atoms with van der Waals surface area (Å²) in [6.07, 6.45) is 1.04. The van der Waals surface area contributed by atoms with Crippen LogP contribution < -0.4 is 11.1 Å². The van der Waals surface area contributed by atoms with Gasteiger partial charge in [0.25, 0.3) is 0 Å². The first-order chi connectivity index (χ1) is 7.34. The molecule has 0 aliphatic carbocycles. The number of hydrogen-bond donors (Lipinski definition) is 3. The van der Waals surface area contributed by atoms with Crippen molar-refractivity contribution in [1.29, 1.82) is 0 Å². The van der Waals surface area contributed by atoms with Gasteiger partial charge in [0.15, 0.2) is 9.84 Å². The molecule has 0 spiro atoms. The van der Waals surface area contributed by atoms with Gasteiger partial charge in [0, 0.05) is 6.26 Å². The highest BCUT2D eigenvalue weighted by molar-refractivity contribution is 7.90. The number of phenols is 1. The highest BCUT2D eigenvalue weighted by Gasteiger charge is 2.11. The van der Waals surface area contributed by atoms with Crippen molar-refractivity contribution in [1.82, 2.24) is 0 Å². The second-order valence-corrected chi connectivity index (χ2v) is 5.22. The van der Waals surface area contributed by atoms with E-state index in [1.807, 2.05) is 0 Å². The van der Waals surface area contributed by atoms with Crippen LogP contribution in [-0.2, 0) is 14.6 Å². The molecule has 1 aromatic carbocycles. The molecule has 0 unspecified atom stereocenters. The summed E-state index contributed by atoms with van der Waals surface area (Å²) in [6, 6.07) is 3.63. The van der Waals surface area contributed by atoms with Crippen LogP contribution in [0, 0.1) is 0 Å². The molecule has 16 heavy (non-hydrogen) atoms. The lowest BCUT2D eigenvalue weighted by Gasteiger charge is -2.07. The van der Waals surface area contributed by atoms with Crippen molar-refractivity contribution in [3.63, 3.8) is 0 Å². The summed E-state index contributed by atoms with van der Waals surface area (Å²) in [5.41, 5.74) is 5.11. The minimum absolute atomic E-state index is 0.0117. The number of nitrogens with one attached hydrogen (secondary N) is 1. The first-order valence-electron chi connectivity index (χ1n) is 4.37. The van der Waals surface area contributed by atoms with E-state index in [2.05, 4.69) is 5.32 Å². The molecule has 0 aromatic heterocycles. The van der Waals surface area contributed by atoms with Crippen molar-refractivity contribution in [2.75, 3.05) is 18.1 Å². The van der Waals surface area contributed by atoms with Crippen LogP contribution in [0.15, 0.2) is 23.1 Å². The standard InChI is InChI=1S/C9H12N2O4S/c1-16(14,15)6-2-3-8(12)7(4-6)11-9(13)5-10/h2-4,12H,5,10H2,1H3,(H,11,13). The molecule has 0 radical (unpaired) electrons. The number of carbonyl (C=O) groups excluding carboxylic acids is 1. The van der Waals surface area contributed by atoms with E-state index >= 15 is 0 Å². The van der Waals surface area contributed by atoms with Gasteiger partial charge in [-0.15, -0.1) is 0 Å². The molecule has 0 fully saturated rings. The Bertz CT molecular complexity index is 510. The highest BCUT2D eigenvalue weighted by atomic mass is 32.2. The number of aromatic hydroxyl groups is 1. The Morgan fingerprint density at radius 3 is 2.62 bits per heavy atom. The van der Waals surface area contributed by atoms with Gasteiger partial charge in [0.1, 0.15) is 5.75 Å². The number of nitrogens with two attached hydrogens (primary N) is 1. The number of phenolic OH excluding ortho intramolecular Hbond substituents is 1. The van der Waals surface area contributed by atoms with Gasteiger partial charge in [0.2, 0.25) is 5.91 Å². The number of benzene rings is 1. The van der Waals surface area contributed by atoms with E-state index in [1.54, 1.807) is 0 Å². The largest absolute Gasteiger partial charge is 0.506 e. The first-order valence-corrected chi connectivity index (χ1v) is 6.26. The third-order valence-electron chi connectivity index (χ3n) is 1.86. The molecule has 0 saturated heterocycles. The topological polar surface area (TPSA) is 109 Å². The van der Waals surface area contributed by atoms with Gasteiger partial charge in [-0.2, -0.15) is 0 Å². The van der Waals surface area contributed by atoms with E-state index in [0.29, 0.717) is 0 Å². The monoisotopic (exact) mass is 244 g/mol. The summed E-state index contributed by atoms with van der Waals surface area (Å²) in [5, 5.41) is 11.7. The van der Waals surface area contributed by atoms with Gasteiger partial charge in [-0.25, -0.2) is 8.42 Å². The molecule has 0 aliphatic rings. The Balaban J connectivity index is 3.14. The number of sulfone groups is 1. The van der Waals surface area contributed by atoms with E-state index in [-0.39, 0.29) is 22.9 Å². The Hall–Kier alpha value is -1.60. The molecule has 88 valence electrons. The van der Waals surface area contributed by atoms with E-state index < -0.39 is 15.7 Å². The lowest BCUT2D eigenvalue weighted by Crippen LogP contribution is -2.22. The molecule has 1 amide bonds. The summed E-state index contributed by atoms with van der Waals surface area (Å²) in [7, 11) is -3.38. The summed E-state index contributed by atoms with van der Waals surface area (Å²) in [5.74, 6) is -0.727. The molecule has 0 aliphatic heterocycles. The van der Waals surface area contributed by atoms with Crippen LogP contribution in [0.3, 0.4) is 0 Å². The third-order valence-corrected chi connectivity index (χ3v) is 2.97. The summed E-state index contributed by atoms with van der Waals surface area (Å²) in [4.78, 5) is 11.0. The average molecular weight is 244 g/mol. The maximum atomic E-state index is 11.2. The Morgan fingerprint density at radius 1 is 1.50 bits per heavy atom. The Kier molecular flexibility index (Phi) is 3.51. The van der Waals surface area contributed by atoms with Crippen LogP contribution in [0.5, 0.6) is 5.75 Å². The van der Waals surface area contributed by atoms with Crippen LogP contribution >= 0.6 is 0 Å². The number of anilines is 1. The minimum Gasteiger partial charge on any atom is -0.506 e. The number of carbonyl (C=O) groups is 1. The molecule has 0 saturated carbocycles. The van der Waals surface area contributed by atoms with Crippen molar-refractivity contribution < 1.29 is 18.3 Å². The summed E-state index contributed by atoms with van der Waals surface area (Å²) < 4.78 is 22.5. The van der Waals surface area contributed by atoms with Crippen LogP contribution in [0.1, 0.15) is 0 Å². The predicted octanol–water partition coefficient (Wildman–Crippen LogP) is -0.307. The van der Waals surface area contributed by atoms with Crippen molar-refractivity contribution in [3.05, 3.63) is 18.2 Å². The fraction of sp³-hybridized carbons (Fsp3) is 0.222. The average Bonchev–Trinajstić information content (AvgIpc) is 2.19. The second kappa shape index (κ2) is 4.50. The van der Waals surface area contributed by atoms with Crippen LogP contribution in [0.25, 0.3) is 0 Å². The maximum absolute atomic E-state index is 11.2. The van der Waals surface area contributed by atoms with Gasteiger partial charge in [-0.1, -0.05) is 0 Å². The zero-order valence-corrected chi connectivity index (χ0v) is 9.41. The molecule has 0 atom stereocenters. The quantitative estimate of drug-likeness (QED) is 0.632. The van der Waals surface area contributed by atoms with Crippen molar-refractivity contribution in [2.24, 2.45) is 5.73 Å². The van der Waals surface area contributed by atoms with E-state index in [0.717, 1.165) is 6.26 Å².